The number of ether oxygens (including phenoxy) is 1. The van der Waals surface area contributed by atoms with Crippen LogP contribution in [0.15, 0.2) is 36.4 Å². The van der Waals surface area contributed by atoms with Gasteiger partial charge in [-0.15, -0.1) is 0 Å². The highest BCUT2D eigenvalue weighted by Gasteiger charge is 2.19. The summed E-state index contributed by atoms with van der Waals surface area (Å²) in [5.74, 6) is -1.40. The van der Waals surface area contributed by atoms with Crippen LogP contribution in [-0.4, -0.2) is 23.4 Å². The van der Waals surface area contributed by atoms with E-state index in [1.807, 2.05) is 39.0 Å². The molecule has 2 aromatic rings. The van der Waals surface area contributed by atoms with Crippen molar-refractivity contribution >= 4 is 29.2 Å². The first-order chi connectivity index (χ1) is 12.7. The van der Waals surface area contributed by atoms with E-state index in [4.69, 9.17) is 16.3 Å². The number of amides is 1. The Hall–Kier alpha value is -2.93. The van der Waals surface area contributed by atoms with E-state index in [1.54, 1.807) is 0 Å². The molecule has 0 radical (unpaired) electrons. The Balaban J connectivity index is 1.97. The predicted molar refractivity (Wildman–Crippen MR) is 101 cm³/mol. The van der Waals surface area contributed by atoms with E-state index < -0.39 is 23.4 Å². The summed E-state index contributed by atoms with van der Waals surface area (Å²) >= 11 is 5.88. The molecule has 2 aromatic carbocycles. The van der Waals surface area contributed by atoms with Crippen LogP contribution in [0, 0.1) is 24.0 Å². The molecule has 0 aliphatic heterocycles. The monoisotopic (exact) mass is 390 g/mol. The molecular formula is C19H19ClN2O5. The summed E-state index contributed by atoms with van der Waals surface area (Å²) in [4.78, 5) is 34.3. The molecule has 7 nitrogen and oxygen atoms in total. The number of rotatable bonds is 6. The molecule has 142 valence electrons. The van der Waals surface area contributed by atoms with Crippen LogP contribution < -0.4 is 5.32 Å². The molecule has 8 heteroatoms. The van der Waals surface area contributed by atoms with Gasteiger partial charge in [0.2, 0.25) is 0 Å². The Morgan fingerprint density at radius 1 is 1.19 bits per heavy atom. The minimum absolute atomic E-state index is 0.00880. The summed E-state index contributed by atoms with van der Waals surface area (Å²) in [6.07, 6.45) is 0. The summed E-state index contributed by atoms with van der Waals surface area (Å²) in [6.45, 7) is 5.28. The fourth-order valence-electron chi connectivity index (χ4n) is 2.39. The number of nitrogens with one attached hydrogen (secondary N) is 1. The van der Waals surface area contributed by atoms with Gasteiger partial charge in [-0.3, -0.25) is 14.9 Å². The second kappa shape index (κ2) is 8.64. The number of nitrogens with zero attached hydrogens (tertiary/aromatic N) is 1. The molecule has 1 amide bonds. The standard InChI is InChI=1S/C19H19ClN2O5/c1-11-4-5-14(8-12(11)2)13(3)21-18(23)10-27-19(24)16-9-15(22(25)26)6-7-17(16)20/h4-9,13H,10H2,1-3H3,(H,21,23). The van der Waals surface area contributed by atoms with Crippen LogP contribution in [0.1, 0.15) is 40.0 Å². The van der Waals surface area contributed by atoms with Crippen molar-refractivity contribution in [2.24, 2.45) is 0 Å². The highest BCUT2D eigenvalue weighted by molar-refractivity contribution is 6.33. The molecule has 27 heavy (non-hydrogen) atoms. The summed E-state index contributed by atoms with van der Waals surface area (Å²) in [5.41, 5.74) is 2.74. The van der Waals surface area contributed by atoms with Gasteiger partial charge in [0.05, 0.1) is 21.6 Å². The predicted octanol–water partition coefficient (Wildman–Crippen LogP) is 3.90. The lowest BCUT2D eigenvalue weighted by molar-refractivity contribution is -0.384. The summed E-state index contributed by atoms with van der Waals surface area (Å²) in [7, 11) is 0. The van der Waals surface area contributed by atoms with Crippen LogP contribution in [0.2, 0.25) is 5.02 Å². The lowest BCUT2D eigenvalue weighted by Gasteiger charge is -2.16. The molecule has 0 saturated carbocycles. The van der Waals surface area contributed by atoms with Crippen molar-refractivity contribution < 1.29 is 19.2 Å². The van der Waals surface area contributed by atoms with Gasteiger partial charge in [-0.25, -0.2) is 4.79 Å². The van der Waals surface area contributed by atoms with Gasteiger partial charge >= 0.3 is 5.97 Å². The summed E-state index contributed by atoms with van der Waals surface area (Å²) in [5, 5.41) is 13.5. The molecule has 0 saturated heterocycles. The van der Waals surface area contributed by atoms with E-state index in [-0.39, 0.29) is 22.3 Å². The van der Waals surface area contributed by atoms with Crippen molar-refractivity contribution in [3.05, 3.63) is 73.8 Å². The van der Waals surface area contributed by atoms with Crippen molar-refractivity contribution in [1.29, 1.82) is 0 Å². The maximum atomic E-state index is 12.1. The highest BCUT2D eigenvalue weighted by Crippen LogP contribution is 2.23. The molecular weight excluding hydrogens is 372 g/mol. The Bertz CT molecular complexity index is 898. The van der Waals surface area contributed by atoms with Gasteiger partial charge in [0.1, 0.15) is 0 Å². The molecule has 0 spiro atoms. The first-order valence-corrected chi connectivity index (χ1v) is 8.54. The molecule has 0 fully saturated rings. The molecule has 1 unspecified atom stereocenters. The number of benzene rings is 2. The van der Waals surface area contributed by atoms with Gasteiger partial charge in [-0.2, -0.15) is 0 Å². The number of hydrogen-bond acceptors (Lipinski definition) is 5. The van der Waals surface area contributed by atoms with E-state index in [9.17, 15) is 19.7 Å². The summed E-state index contributed by atoms with van der Waals surface area (Å²) in [6, 6.07) is 9.03. The van der Waals surface area contributed by atoms with Crippen LogP contribution in [0.3, 0.4) is 0 Å². The van der Waals surface area contributed by atoms with Gasteiger partial charge in [-0.1, -0.05) is 29.8 Å². The molecule has 0 heterocycles. The van der Waals surface area contributed by atoms with E-state index in [0.717, 1.165) is 22.8 Å². The average molecular weight is 391 g/mol. The zero-order valence-electron chi connectivity index (χ0n) is 15.1. The van der Waals surface area contributed by atoms with E-state index >= 15 is 0 Å². The van der Waals surface area contributed by atoms with Gasteiger partial charge in [0.15, 0.2) is 6.61 Å². The maximum Gasteiger partial charge on any atom is 0.340 e. The number of carbonyl (C=O) groups is 2. The maximum absolute atomic E-state index is 12.1. The molecule has 1 atom stereocenters. The third-order valence-electron chi connectivity index (χ3n) is 4.12. The second-order valence-corrected chi connectivity index (χ2v) is 6.54. The number of halogens is 1. The van der Waals surface area contributed by atoms with Crippen molar-refractivity contribution in [3.8, 4) is 0 Å². The normalized spacial score (nSPS) is 11.6. The fourth-order valence-corrected chi connectivity index (χ4v) is 2.59. The lowest BCUT2D eigenvalue weighted by atomic mass is 10.0. The van der Waals surface area contributed by atoms with Gasteiger partial charge in [-0.05, 0) is 43.5 Å². The first-order valence-electron chi connectivity index (χ1n) is 8.16. The fraction of sp³-hybridized carbons (Fsp3) is 0.263. The molecule has 0 bridgehead atoms. The van der Waals surface area contributed by atoms with Gasteiger partial charge in [0, 0.05) is 12.1 Å². The second-order valence-electron chi connectivity index (χ2n) is 6.13. The third kappa shape index (κ3) is 5.27. The zero-order valence-corrected chi connectivity index (χ0v) is 15.9. The Kier molecular flexibility index (Phi) is 6.52. The number of nitro groups is 1. The Labute approximate surface area is 161 Å². The van der Waals surface area contributed by atoms with Crippen LogP contribution >= 0.6 is 11.6 Å². The molecule has 0 aliphatic carbocycles. The zero-order chi connectivity index (χ0) is 20.1. The number of non-ortho nitro benzene ring substituents is 1. The lowest BCUT2D eigenvalue weighted by Crippen LogP contribution is -2.31. The van der Waals surface area contributed by atoms with Crippen LogP contribution in [0.4, 0.5) is 5.69 Å². The van der Waals surface area contributed by atoms with Crippen LogP contribution in [-0.2, 0) is 9.53 Å². The first kappa shape index (κ1) is 20.4. The number of carbonyl (C=O) groups excluding carboxylic acids is 2. The number of nitro benzene ring substituents is 1. The minimum atomic E-state index is -0.905. The Morgan fingerprint density at radius 3 is 2.52 bits per heavy atom. The van der Waals surface area contributed by atoms with Crippen molar-refractivity contribution in [1.82, 2.24) is 5.32 Å². The molecule has 0 aromatic heterocycles. The van der Waals surface area contributed by atoms with E-state index in [2.05, 4.69) is 5.32 Å². The number of aryl methyl sites for hydroxylation is 2. The molecule has 2 rings (SSSR count). The SMILES string of the molecule is Cc1ccc(C(C)NC(=O)COC(=O)c2cc([N+](=O)[O-])ccc2Cl)cc1C. The molecule has 0 aliphatic rings. The smallest absolute Gasteiger partial charge is 0.340 e. The van der Waals surface area contributed by atoms with Crippen LogP contribution in [0.5, 0.6) is 0 Å². The van der Waals surface area contributed by atoms with Crippen molar-refractivity contribution in [3.63, 3.8) is 0 Å². The number of esters is 1. The Morgan fingerprint density at radius 2 is 1.89 bits per heavy atom. The molecule has 1 N–H and O–H groups in total. The quantitative estimate of drug-likeness (QED) is 0.458. The van der Waals surface area contributed by atoms with E-state index in [0.29, 0.717) is 0 Å². The minimum Gasteiger partial charge on any atom is -0.452 e. The van der Waals surface area contributed by atoms with Crippen molar-refractivity contribution in [2.75, 3.05) is 6.61 Å². The van der Waals surface area contributed by atoms with Crippen molar-refractivity contribution in [2.45, 2.75) is 26.8 Å². The van der Waals surface area contributed by atoms with Gasteiger partial charge < -0.3 is 10.1 Å². The number of hydrogen-bond donors (Lipinski definition) is 1. The van der Waals surface area contributed by atoms with E-state index in [1.165, 1.54) is 12.1 Å². The largest absolute Gasteiger partial charge is 0.452 e. The summed E-state index contributed by atoms with van der Waals surface area (Å²) < 4.78 is 4.93. The average Bonchev–Trinajstić information content (AvgIpc) is 2.62. The van der Waals surface area contributed by atoms with Crippen LogP contribution in [0.25, 0.3) is 0 Å². The van der Waals surface area contributed by atoms with Gasteiger partial charge in [0.25, 0.3) is 11.6 Å². The third-order valence-corrected chi connectivity index (χ3v) is 4.45. The highest BCUT2D eigenvalue weighted by atomic mass is 35.5. The topological polar surface area (TPSA) is 98.5 Å².